The maximum absolute atomic E-state index is 12.6. The number of ether oxygens (including phenoxy) is 1. The van der Waals surface area contributed by atoms with Crippen molar-refractivity contribution in [2.75, 3.05) is 13.2 Å². The van der Waals surface area contributed by atoms with E-state index in [4.69, 9.17) is 4.74 Å². The summed E-state index contributed by atoms with van der Waals surface area (Å²) in [7, 11) is 0. The zero-order chi connectivity index (χ0) is 23.4. The van der Waals surface area contributed by atoms with Gasteiger partial charge in [0.15, 0.2) is 0 Å². The molecule has 7 heteroatoms. The van der Waals surface area contributed by atoms with Crippen molar-refractivity contribution < 1.29 is 24.2 Å². The van der Waals surface area contributed by atoms with Crippen LogP contribution >= 0.6 is 0 Å². The number of carboxylic acid groups (broad SMARTS) is 1. The van der Waals surface area contributed by atoms with Gasteiger partial charge in [-0.05, 0) is 46.9 Å². The van der Waals surface area contributed by atoms with Crippen LogP contribution in [-0.2, 0) is 14.3 Å². The van der Waals surface area contributed by atoms with Crippen LogP contribution in [0.3, 0.4) is 0 Å². The minimum Gasteiger partial charge on any atom is -0.481 e. The number of rotatable bonds is 8. The van der Waals surface area contributed by atoms with E-state index in [1.807, 2.05) is 48.5 Å². The molecule has 2 amide bonds. The molecule has 0 bridgehead atoms. The molecule has 0 aromatic heterocycles. The number of alkyl carbamates (subject to hydrolysis) is 1. The van der Waals surface area contributed by atoms with E-state index in [0.717, 1.165) is 41.5 Å². The molecule has 7 nitrogen and oxygen atoms in total. The molecule has 174 valence electrons. The Morgan fingerprint density at radius 3 is 2.24 bits per heavy atom. The van der Waals surface area contributed by atoms with Crippen molar-refractivity contribution in [3.63, 3.8) is 0 Å². The van der Waals surface area contributed by atoms with Crippen molar-refractivity contribution in [3.05, 3.63) is 59.7 Å². The number of hydrogen-bond donors (Lipinski definition) is 3. The van der Waals surface area contributed by atoms with Crippen LogP contribution < -0.4 is 10.6 Å². The third-order valence-corrected chi connectivity index (χ3v) is 6.70. The number of carboxylic acids is 1. The lowest BCUT2D eigenvalue weighted by molar-refractivity contribution is -0.139. The second-order valence-corrected chi connectivity index (χ2v) is 9.15. The summed E-state index contributed by atoms with van der Waals surface area (Å²) in [5.41, 5.74) is 4.40. The highest BCUT2D eigenvalue weighted by molar-refractivity contribution is 5.89. The van der Waals surface area contributed by atoms with Gasteiger partial charge in [-0.2, -0.15) is 0 Å². The fraction of sp³-hybridized carbons (Fsp3) is 0.423. The lowest BCUT2D eigenvalue weighted by Crippen LogP contribution is -2.49. The van der Waals surface area contributed by atoms with Gasteiger partial charge in [-0.3, -0.25) is 9.59 Å². The van der Waals surface area contributed by atoms with Crippen LogP contribution in [0.5, 0.6) is 0 Å². The number of hydrogen-bond acceptors (Lipinski definition) is 4. The van der Waals surface area contributed by atoms with E-state index in [2.05, 4.69) is 17.6 Å². The topological polar surface area (TPSA) is 105 Å². The predicted octanol–water partition coefficient (Wildman–Crippen LogP) is 3.92. The molecule has 0 aliphatic heterocycles. The Morgan fingerprint density at radius 2 is 1.67 bits per heavy atom. The largest absolute Gasteiger partial charge is 0.481 e. The first-order chi connectivity index (χ1) is 15.9. The Hall–Kier alpha value is -3.35. The molecule has 0 heterocycles. The molecule has 1 fully saturated rings. The number of amides is 2. The molecule has 4 rings (SSSR count). The summed E-state index contributed by atoms with van der Waals surface area (Å²) in [4.78, 5) is 36.4. The fourth-order valence-corrected chi connectivity index (χ4v) is 5.04. The summed E-state index contributed by atoms with van der Waals surface area (Å²) in [5.74, 6) is -0.738. The van der Waals surface area contributed by atoms with Gasteiger partial charge in [-0.15, -0.1) is 0 Å². The number of carbonyl (C=O) groups is 3. The van der Waals surface area contributed by atoms with Crippen LogP contribution in [-0.4, -0.2) is 42.3 Å². The molecule has 0 saturated heterocycles. The van der Waals surface area contributed by atoms with Crippen LogP contribution in [0, 0.1) is 11.8 Å². The van der Waals surface area contributed by atoms with Crippen molar-refractivity contribution in [1.29, 1.82) is 0 Å². The molecule has 0 spiro atoms. The van der Waals surface area contributed by atoms with Gasteiger partial charge < -0.3 is 20.5 Å². The first-order valence-electron chi connectivity index (χ1n) is 11.5. The number of nitrogens with one attached hydrogen (secondary N) is 2. The quantitative estimate of drug-likeness (QED) is 0.565. The minimum atomic E-state index is -1.18. The normalized spacial score (nSPS) is 19.9. The molecular formula is C26H30N2O5. The summed E-state index contributed by atoms with van der Waals surface area (Å²) in [5, 5.41) is 14.5. The van der Waals surface area contributed by atoms with Crippen LogP contribution in [0.2, 0.25) is 0 Å². The zero-order valence-electron chi connectivity index (χ0n) is 18.8. The monoisotopic (exact) mass is 450 g/mol. The van der Waals surface area contributed by atoms with E-state index in [-0.39, 0.29) is 12.5 Å². The Bertz CT molecular complexity index is 991. The van der Waals surface area contributed by atoms with Crippen molar-refractivity contribution in [3.8, 4) is 11.1 Å². The Kier molecular flexibility index (Phi) is 6.96. The van der Waals surface area contributed by atoms with E-state index in [0.29, 0.717) is 18.4 Å². The molecule has 3 unspecified atom stereocenters. The van der Waals surface area contributed by atoms with Crippen LogP contribution in [0.25, 0.3) is 11.1 Å². The number of fused-ring (bicyclic) bond motifs is 3. The summed E-state index contributed by atoms with van der Waals surface area (Å²) < 4.78 is 5.47. The highest BCUT2D eigenvalue weighted by Gasteiger charge is 2.30. The van der Waals surface area contributed by atoms with E-state index in [9.17, 15) is 19.5 Å². The maximum Gasteiger partial charge on any atom is 0.407 e. The van der Waals surface area contributed by atoms with Gasteiger partial charge >= 0.3 is 12.1 Å². The van der Waals surface area contributed by atoms with E-state index < -0.39 is 30.4 Å². The zero-order valence-corrected chi connectivity index (χ0v) is 18.8. The van der Waals surface area contributed by atoms with Gasteiger partial charge in [0.2, 0.25) is 5.91 Å². The molecule has 3 atom stereocenters. The molecule has 33 heavy (non-hydrogen) atoms. The third-order valence-electron chi connectivity index (χ3n) is 6.70. The minimum absolute atomic E-state index is 0.0984. The van der Waals surface area contributed by atoms with Gasteiger partial charge in [-0.25, -0.2) is 4.79 Å². The molecule has 2 aliphatic carbocycles. The highest BCUT2D eigenvalue weighted by Crippen LogP contribution is 2.44. The Balaban J connectivity index is 1.36. The average Bonchev–Trinajstić information content (AvgIpc) is 3.36. The van der Waals surface area contributed by atoms with E-state index in [1.54, 1.807) is 0 Å². The first-order valence-corrected chi connectivity index (χ1v) is 11.5. The molecular weight excluding hydrogens is 420 g/mol. The Morgan fingerprint density at radius 1 is 1.03 bits per heavy atom. The standard InChI is InChI=1S/C26H30N2O5/c1-16-10-11-17(12-16)14-27-25(31)23(13-24(29)30)28-26(32)33-15-22-20-8-4-2-6-18(20)19-7-3-5-9-21(19)22/h2-9,16-17,22-23H,10-15H2,1H3,(H,27,31)(H,28,32)(H,29,30). The van der Waals surface area contributed by atoms with Crippen molar-refractivity contribution >= 4 is 18.0 Å². The number of benzene rings is 2. The van der Waals surface area contributed by atoms with E-state index in [1.165, 1.54) is 0 Å². The second-order valence-electron chi connectivity index (χ2n) is 9.15. The second kappa shape index (κ2) is 10.1. The predicted molar refractivity (Wildman–Crippen MR) is 124 cm³/mol. The van der Waals surface area contributed by atoms with Crippen molar-refractivity contribution in [2.24, 2.45) is 11.8 Å². The molecule has 2 aliphatic rings. The van der Waals surface area contributed by atoms with Crippen LogP contribution in [0.1, 0.15) is 49.7 Å². The molecule has 1 saturated carbocycles. The van der Waals surface area contributed by atoms with Crippen molar-refractivity contribution in [2.45, 2.75) is 44.6 Å². The van der Waals surface area contributed by atoms with Gasteiger partial charge in [0.25, 0.3) is 0 Å². The van der Waals surface area contributed by atoms with Crippen LogP contribution in [0.15, 0.2) is 48.5 Å². The van der Waals surface area contributed by atoms with Crippen LogP contribution in [0.4, 0.5) is 4.79 Å². The Labute approximate surface area is 193 Å². The summed E-state index contributed by atoms with van der Waals surface area (Å²) in [6.45, 7) is 2.78. The number of aliphatic carboxylic acids is 1. The molecule has 3 N–H and O–H groups in total. The summed E-state index contributed by atoms with van der Waals surface area (Å²) >= 11 is 0. The van der Waals surface area contributed by atoms with Gasteiger partial charge in [0.1, 0.15) is 12.6 Å². The van der Waals surface area contributed by atoms with E-state index >= 15 is 0 Å². The van der Waals surface area contributed by atoms with Crippen molar-refractivity contribution in [1.82, 2.24) is 10.6 Å². The molecule has 0 radical (unpaired) electrons. The fourth-order valence-electron chi connectivity index (χ4n) is 5.04. The lowest BCUT2D eigenvalue weighted by Gasteiger charge is -2.19. The SMILES string of the molecule is CC1CCC(CNC(=O)C(CC(=O)O)NC(=O)OCC2c3ccccc3-c3ccccc32)C1. The number of carbonyl (C=O) groups excluding carboxylic acids is 2. The average molecular weight is 451 g/mol. The first kappa shape index (κ1) is 22.8. The maximum atomic E-state index is 12.6. The van der Waals surface area contributed by atoms with Gasteiger partial charge in [-0.1, -0.05) is 61.9 Å². The third kappa shape index (κ3) is 5.35. The lowest BCUT2D eigenvalue weighted by atomic mass is 9.98. The molecule has 2 aromatic rings. The van der Waals surface area contributed by atoms with Gasteiger partial charge in [0.05, 0.1) is 6.42 Å². The smallest absolute Gasteiger partial charge is 0.407 e. The summed E-state index contributed by atoms with van der Waals surface area (Å²) in [6, 6.07) is 14.8. The summed E-state index contributed by atoms with van der Waals surface area (Å²) in [6.07, 6.45) is 1.93. The highest BCUT2D eigenvalue weighted by atomic mass is 16.5. The molecule has 2 aromatic carbocycles. The van der Waals surface area contributed by atoms with Gasteiger partial charge in [0, 0.05) is 12.5 Å².